The Morgan fingerprint density at radius 3 is 1.87 bits per heavy atom. The molecule has 1 heterocycles. The van der Waals surface area contributed by atoms with E-state index in [4.69, 9.17) is 5.26 Å². The number of alkyl halides is 6. The second kappa shape index (κ2) is 8.55. The Bertz CT molecular complexity index is 1120. The molecule has 0 bridgehead atoms. The van der Waals surface area contributed by atoms with Gasteiger partial charge in [-0.15, -0.1) is 26.3 Å². The third-order valence-corrected chi connectivity index (χ3v) is 3.96. The minimum absolute atomic E-state index is 0.174. The Labute approximate surface area is 172 Å². The predicted octanol–water partition coefficient (Wildman–Crippen LogP) is 6.28. The van der Waals surface area contributed by atoms with Crippen LogP contribution in [0.2, 0.25) is 0 Å². The van der Waals surface area contributed by atoms with Gasteiger partial charge in [0, 0.05) is 11.1 Å². The van der Waals surface area contributed by atoms with Crippen molar-refractivity contribution in [1.29, 1.82) is 5.26 Å². The van der Waals surface area contributed by atoms with Crippen molar-refractivity contribution in [3.63, 3.8) is 0 Å². The van der Waals surface area contributed by atoms with Crippen LogP contribution in [-0.2, 0) is 6.42 Å². The molecule has 0 atom stereocenters. The first kappa shape index (κ1) is 22.0. The molecule has 31 heavy (non-hydrogen) atoms. The molecule has 3 aromatic rings. The Kier molecular flexibility index (Phi) is 6.06. The third kappa shape index (κ3) is 6.12. The summed E-state index contributed by atoms with van der Waals surface area (Å²) >= 11 is 0. The minimum Gasteiger partial charge on any atom is -0.406 e. The molecule has 1 aromatic heterocycles. The fourth-order valence-corrected chi connectivity index (χ4v) is 2.85. The number of ether oxygens (including phenoxy) is 2. The second-order valence-corrected chi connectivity index (χ2v) is 6.18. The molecule has 0 aliphatic carbocycles. The number of nitrogens with zero attached hydrogens (tertiary/aromatic N) is 2. The van der Waals surface area contributed by atoms with Gasteiger partial charge in [0.15, 0.2) is 0 Å². The van der Waals surface area contributed by atoms with Crippen LogP contribution in [0.1, 0.15) is 5.69 Å². The van der Waals surface area contributed by atoms with Crippen molar-refractivity contribution in [2.24, 2.45) is 0 Å². The van der Waals surface area contributed by atoms with Gasteiger partial charge in [-0.3, -0.25) is 4.98 Å². The largest absolute Gasteiger partial charge is 0.573 e. The number of pyridine rings is 1. The van der Waals surface area contributed by atoms with E-state index in [1.165, 1.54) is 36.4 Å². The van der Waals surface area contributed by atoms with Crippen molar-refractivity contribution in [1.82, 2.24) is 4.98 Å². The van der Waals surface area contributed by atoms with Crippen molar-refractivity contribution in [3.05, 3.63) is 66.4 Å². The molecule has 0 fully saturated rings. The summed E-state index contributed by atoms with van der Waals surface area (Å²) < 4.78 is 82.7. The molecule has 2 aromatic carbocycles. The van der Waals surface area contributed by atoms with Gasteiger partial charge in [0.1, 0.15) is 11.5 Å². The van der Waals surface area contributed by atoms with Crippen molar-refractivity contribution in [2.75, 3.05) is 0 Å². The van der Waals surface area contributed by atoms with Crippen LogP contribution in [0.15, 0.2) is 60.7 Å². The SMILES string of the molecule is N#CCc1nc(-c2cccc(OC(F)(F)F)c2)ccc1-c1cccc(OC(F)(F)F)c1. The highest BCUT2D eigenvalue weighted by atomic mass is 19.4. The average molecular weight is 438 g/mol. The number of hydrogen-bond donors (Lipinski definition) is 0. The molecule has 0 aliphatic rings. The van der Waals surface area contributed by atoms with Gasteiger partial charge >= 0.3 is 12.7 Å². The minimum atomic E-state index is -4.86. The molecule has 0 aliphatic heterocycles. The topological polar surface area (TPSA) is 55.1 Å². The quantitative estimate of drug-likeness (QED) is 0.440. The van der Waals surface area contributed by atoms with Gasteiger partial charge in [-0.1, -0.05) is 30.3 Å². The van der Waals surface area contributed by atoms with Gasteiger partial charge in [-0.25, -0.2) is 0 Å². The Morgan fingerprint density at radius 2 is 1.32 bits per heavy atom. The zero-order chi connectivity index (χ0) is 22.6. The highest BCUT2D eigenvalue weighted by Gasteiger charge is 2.32. The van der Waals surface area contributed by atoms with E-state index in [0.717, 1.165) is 24.3 Å². The van der Waals surface area contributed by atoms with E-state index >= 15 is 0 Å². The monoisotopic (exact) mass is 438 g/mol. The maximum absolute atomic E-state index is 12.5. The predicted molar refractivity (Wildman–Crippen MR) is 97.8 cm³/mol. The lowest BCUT2D eigenvalue weighted by molar-refractivity contribution is -0.275. The van der Waals surface area contributed by atoms with Gasteiger partial charge in [0.05, 0.1) is 23.9 Å². The molecule has 10 heteroatoms. The molecule has 160 valence electrons. The molecular formula is C21H12F6N2O2. The van der Waals surface area contributed by atoms with Crippen LogP contribution in [-0.4, -0.2) is 17.7 Å². The summed E-state index contributed by atoms with van der Waals surface area (Å²) in [5.41, 5.74) is 1.54. The fraction of sp³-hybridized carbons (Fsp3) is 0.143. The lowest BCUT2D eigenvalue weighted by Crippen LogP contribution is -2.17. The lowest BCUT2D eigenvalue weighted by Gasteiger charge is -2.13. The first-order valence-electron chi connectivity index (χ1n) is 8.63. The van der Waals surface area contributed by atoms with Gasteiger partial charge in [-0.2, -0.15) is 5.26 Å². The number of aromatic nitrogens is 1. The number of benzene rings is 2. The third-order valence-electron chi connectivity index (χ3n) is 3.96. The molecule has 0 radical (unpaired) electrons. The first-order chi connectivity index (χ1) is 14.5. The number of nitriles is 1. The highest BCUT2D eigenvalue weighted by molar-refractivity contribution is 5.71. The lowest BCUT2D eigenvalue weighted by atomic mass is 10.0. The molecule has 3 rings (SSSR count). The van der Waals surface area contributed by atoms with E-state index in [0.29, 0.717) is 16.7 Å². The molecule has 0 spiro atoms. The van der Waals surface area contributed by atoms with Crippen LogP contribution in [0.25, 0.3) is 22.4 Å². The molecule has 0 saturated heterocycles. The van der Waals surface area contributed by atoms with Crippen molar-refractivity contribution < 1.29 is 35.8 Å². The molecular weight excluding hydrogens is 426 g/mol. The normalized spacial score (nSPS) is 11.6. The molecule has 0 saturated carbocycles. The van der Waals surface area contributed by atoms with Gasteiger partial charge in [0.25, 0.3) is 0 Å². The van der Waals surface area contributed by atoms with E-state index in [-0.39, 0.29) is 17.8 Å². The maximum Gasteiger partial charge on any atom is 0.573 e. The smallest absolute Gasteiger partial charge is 0.406 e. The summed E-state index contributed by atoms with van der Waals surface area (Å²) in [6.07, 6.45) is -9.89. The number of halogens is 6. The standard InChI is InChI=1S/C21H12F6N2O2/c22-20(23,24)30-15-5-1-3-13(11-15)17-7-8-18(29-19(17)9-10-28)14-4-2-6-16(12-14)31-21(25,26)27/h1-8,11-12H,9H2. The van der Waals surface area contributed by atoms with Crippen LogP contribution in [0.3, 0.4) is 0 Å². The summed E-state index contributed by atoms with van der Waals surface area (Å²) in [5.74, 6) is -0.872. The number of rotatable bonds is 5. The van der Waals surface area contributed by atoms with E-state index in [1.54, 1.807) is 0 Å². The molecule has 0 N–H and O–H groups in total. The first-order valence-corrected chi connectivity index (χ1v) is 8.63. The van der Waals surface area contributed by atoms with E-state index in [2.05, 4.69) is 14.5 Å². The summed E-state index contributed by atoms with van der Waals surface area (Å²) in [6.45, 7) is 0. The summed E-state index contributed by atoms with van der Waals surface area (Å²) in [4.78, 5) is 4.33. The maximum atomic E-state index is 12.5. The Balaban J connectivity index is 1.99. The van der Waals surface area contributed by atoms with Crippen molar-refractivity contribution >= 4 is 0 Å². The summed E-state index contributed by atoms with van der Waals surface area (Å²) in [7, 11) is 0. The van der Waals surface area contributed by atoms with Crippen LogP contribution in [0.5, 0.6) is 11.5 Å². The zero-order valence-electron chi connectivity index (χ0n) is 15.5. The number of hydrogen-bond acceptors (Lipinski definition) is 4. The molecule has 4 nitrogen and oxygen atoms in total. The summed E-state index contributed by atoms with van der Waals surface area (Å²) in [6, 6.07) is 15.3. The Hall–Kier alpha value is -3.74. The highest BCUT2D eigenvalue weighted by Crippen LogP contribution is 2.32. The second-order valence-electron chi connectivity index (χ2n) is 6.18. The molecule has 0 amide bonds. The summed E-state index contributed by atoms with van der Waals surface area (Å²) in [5, 5.41) is 9.12. The van der Waals surface area contributed by atoms with Gasteiger partial charge < -0.3 is 9.47 Å². The molecule has 0 unspecified atom stereocenters. The van der Waals surface area contributed by atoms with E-state index in [9.17, 15) is 26.3 Å². The Morgan fingerprint density at radius 1 is 0.774 bits per heavy atom. The fourth-order valence-electron chi connectivity index (χ4n) is 2.85. The van der Waals surface area contributed by atoms with Crippen molar-refractivity contribution in [2.45, 2.75) is 19.1 Å². The van der Waals surface area contributed by atoms with Gasteiger partial charge in [0.2, 0.25) is 0 Å². The van der Waals surface area contributed by atoms with Crippen LogP contribution in [0, 0.1) is 11.3 Å². The van der Waals surface area contributed by atoms with E-state index < -0.39 is 24.2 Å². The van der Waals surface area contributed by atoms with Crippen LogP contribution < -0.4 is 9.47 Å². The van der Waals surface area contributed by atoms with Gasteiger partial charge in [-0.05, 0) is 35.9 Å². The van der Waals surface area contributed by atoms with Crippen molar-refractivity contribution in [3.8, 4) is 40.0 Å². The van der Waals surface area contributed by atoms with E-state index in [1.807, 2.05) is 6.07 Å². The average Bonchev–Trinajstić information content (AvgIpc) is 2.66. The zero-order valence-corrected chi connectivity index (χ0v) is 15.5. The van der Waals surface area contributed by atoms with Crippen LogP contribution >= 0.6 is 0 Å². The van der Waals surface area contributed by atoms with Crippen LogP contribution in [0.4, 0.5) is 26.3 Å².